The maximum Gasteiger partial charge on any atom is 0.146 e. The Bertz CT molecular complexity index is 291. The quantitative estimate of drug-likeness (QED) is 0.780. The van der Waals surface area contributed by atoms with Gasteiger partial charge in [-0.25, -0.2) is 4.39 Å². The van der Waals surface area contributed by atoms with Crippen LogP contribution in [0.2, 0.25) is 0 Å². The van der Waals surface area contributed by atoms with Crippen LogP contribution < -0.4 is 5.32 Å². The molecule has 0 spiro atoms. The van der Waals surface area contributed by atoms with Gasteiger partial charge in [0.25, 0.3) is 0 Å². The van der Waals surface area contributed by atoms with Crippen LogP contribution in [0.15, 0.2) is 24.3 Å². The Morgan fingerprint density at radius 2 is 2.13 bits per heavy atom. The molecule has 3 heteroatoms. The van der Waals surface area contributed by atoms with Gasteiger partial charge in [0.05, 0.1) is 5.69 Å². The number of benzene rings is 1. The first-order chi connectivity index (χ1) is 7.27. The number of hydrogen-bond acceptors (Lipinski definition) is 2. The summed E-state index contributed by atoms with van der Waals surface area (Å²) in [6.45, 7) is 2.77. The van der Waals surface area contributed by atoms with Crippen LogP contribution in [0.4, 0.5) is 10.1 Å². The molecule has 1 aromatic rings. The fraction of sp³-hybridized carbons (Fsp3) is 0.500. The number of para-hydroxylation sites is 1. The highest BCUT2D eigenvalue weighted by Gasteiger charge is 2.07. The largest absolute Gasteiger partial charge is 0.385 e. The maximum absolute atomic E-state index is 13.3. The molecule has 1 rings (SSSR count). The molecule has 1 unspecified atom stereocenters. The number of hydrogen-bond donors (Lipinski definition) is 1. The Morgan fingerprint density at radius 1 is 1.40 bits per heavy atom. The van der Waals surface area contributed by atoms with Gasteiger partial charge in [-0.3, -0.25) is 0 Å². The zero-order valence-corrected chi connectivity index (χ0v) is 9.29. The monoisotopic (exact) mass is 211 g/mol. The van der Waals surface area contributed by atoms with Gasteiger partial charge < -0.3 is 10.1 Å². The van der Waals surface area contributed by atoms with E-state index >= 15 is 0 Å². The average molecular weight is 211 g/mol. The number of nitrogens with one attached hydrogen (secondary N) is 1. The van der Waals surface area contributed by atoms with Crippen molar-refractivity contribution in [1.82, 2.24) is 0 Å². The molecule has 0 aliphatic carbocycles. The molecule has 0 saturated heterocycles. The van der Waals surface area contributed by atoms with Gasteiger partial charge in [-0.1, -0.05) is 19.1 Å². The Balaban J connectivity index is 2.54. The second kappa shape index (κ2) is 6.40. The van der Waals surface area contributed by atoms with Crippen LogP contribution in [0.25, 0.3) is 0 Å². The molecular formula is C12H18FNO. The number of anilines is 1. The van der Waals surface area contributed by atoms with E-state index in [2.05, 4.69) is 12.2 Å². The highest BCUT2D eigenvalue weighted by Crippen LogP contribution is 2.15. The summed E-state index contributed by atoms with van der Waals surface area (Å²) in [6.07, 6.45) is 1.85. The van der Waals surface area contributed by atoms with Crippen molar-refractivity contribution in [3.05, 3.63) is 30.1 Å². The molecule has 84 valence electrons. The van der Waals surface area contributed by atoms with Crippen LogP contribution in [-0.4, -0.2) is 19.8 Å². The smallest absolute Gasteiger partial charge is 0.146 e. The lowest BCUT2D eigenvalue weighted by molar-refractivity contribution is 0.189. The lowest BCUT2D eigenvalue weighted by Crippen LogP contribution is -2.20. The number of methoxy groups -OCH3 is 1. The second-order valence-electron chi connectivity index (χ2n) is 3.51. The first kappa shape index (κ1) is 12.0. The fourth-order valence-corrected chi connectivity index (χ4v) is 1.44. The zero-order chi connectivity index (χ0) is 11.1. The molecule has 0 fully saturated rings. The number of halogens is 1. The molecule has 0 amide bonds. The maximum atomic E-state index is 13.3. The third-order valence-electron chi connectivity index (χ3n) is 2.40. The molecule has 0 heterocycles. The summed E-state index contributed by atoms with van der Waals surface area (Å²) in [5.74, 6) is -0.201. The standard InChI is InChI=1S/C12H18FNO/c1-3-10(8-9-15-2)14-12-7-5-4-6-11(12)13/h4-7,10,14H,3,8-9H2,1-2H3. The molecule has 0 saturated carbocycles. The summed E-state index contributed by atoms with van der Waals surface area (Å²) in [4.78, 5) is 0. The number of rotatable bonds is 6. The van der Waals surface area contributed by atoms with Crippen LogP contribution in [0, 0.1) is 5.82 Å². The van der Waals surface area contributed by atoms with E-state index in [1.165, 1.54) is 6.07 Å². The van der Waals surface area contributed by atoms with Gasteiger partial charge in [-0.15, -0.1) is 0 Å². The van der Waals surface area contributed by atoms with Crippen LogP contribution in [0.5, 0.6) is 0 Å². The van der Waals surface area contributed by atoms with E-state index < -0.39 is 0 Å². The molecule has 15 heavy (non-hydrogen) atoms. The van der Waals surface area contributed by atoms with E-state index in [9.17, 15) is 4.39 Å². The first-order valence-corrected chi connectivity index (χ1v) is 5.28. The van der Waals surface area contributed by atoms with Crippen LogP contribution in [-0.2, 0) is 4.74 Å². The highest BCUT2D eigenvalue weighted by atomic mass is 19.1. The first-order valence-electron chi connectivity index (χ1n) is 5.28. The minimum Gasteiger partial charge on any atom is -0.385 e. The van der Waals surface area contributed by atoms with E-state index in [-0.39, 0.29) is 11.9 Å². The number of ether oxygens (including phenoxy) is 1. The van der Waals surface area contributed by atoms with E-state index in [4.69, 9.17) is 4.74 Å². The Labute approximate surface area is 90.4 Å². The summed E-state index contributed by atoms with van der Waals surface area (Å²) < 4.78 is 18.3. The SMILES string of the molecule is CCC(CCOC)Nc1ccccc1F. The Kier molecular flexibility index (Phi) is 5.12. The van der Waals surface area contributed by atoms with Crippen molar-refractivity contribution in [2.24, 2.45) is 0 Å². The van der Waals surface area contributed by atoms with Gasteiger partial charge in [0.15, 0.2) is 0 Å². The molecular weight excluding hydrogens is 193 g/mol. The third-order valence-corrected chi connectivity index (χ3v) is 2.40. The van der Waals surface area contributed by atoms with E-state index in [0.717, 1.165) is 12.8 Å². The lowest BCUT2D eigenvalue weighted by Gasteiger charge is -2.18. The van der Waals surface area contributed by atoms with E-state index in [0.29, 0.717) is 12.3 Å². The predicted octanol–water partition coefficient (Wildman–Crippen LogP) is 3.05. The molecule has 0 aliphatic heterocycles. The van der Waals surface area contributed by atoms with Crippen molar-refractivity contribution >= 4 is 5.69 Å². The minimum atomic E-state index is -0.201. The predicted molar refractivity (Wildman–Crippen MR) is 60.6 cm³/mol. The van der Waals surface area contributed by atoms with E-state index in [1.54, 1.807) is 19.2 Å². The van der Waals surface area contributed by atoms with Gasteiger partial charge >= 0.3 is 0 Å². The van der Waals surface area contributed by atoms with Crippen molar-refractivity contribution in [3.8, 4) is 0 Å². The van der Waals surface area contributed by atoms with Crippen LogP contribution >= 0.6 is 0 Å². The molecule has 0 bridgehead atoms. The summed E-state index contributed by atoms with van der Waals surface area (Å²) in [6, 6.07) is 7.00. The second-order valence-corrected chi connectivity index (χ2v) is 3.51. The normalized spacial score (nSPS) is 12.5. The molecule has 1 atom stereocenters. The van der Waals surface area contributed by atoms with E-state index in [1.807, 2.05) is 6.07 Å². The Hall–Kier alpha value is -1.09. The molecule has 1 N–H and O–H groups in total. The molecule has 0 aliphatic rings. The van der Waals surface area contributed by atoms with Crippen molar-refractivity contribution < 1.29 is 9.13 Å². The third kappa shape index (κ3) is 3.88. The molecule has 0 radical (unpaired) electrons. The minimum absolute atomic E-state index is 0.201. The molecule has 0 aromatic heterocycles. The van der Waals surface area contributed by atoms with Gasteiger partial charge in [-0.2, -0.15) is 0 Å². The molecule has 1 aromatic carbocycles. The van der Waals surface area contributed by atoms with Crippen molar-refractivity contribution in [3.63, 3.8) is 0 Å². The van der Waals surface area contributed by atoms with Crippen molar-refractivity contribution in [1.29, 1.82) is 0 Å². The Morgan fingerprint density at radius 3 is 2.73 bits per heavy atom. The van der Waals surface area contributed by atoms with Crippen LogP contribution in [0.1, 0.15) is 19.8 Å². The van der Waals surface area contributed by atoms with Crippen molar-refractivity contribution in [2.45, 2.75) is 25.8 Å². The fourth-order valence-electron chi connectivity index (χ4n) is 1.44. The zero-order valence-electron chi connectivity index (χ0n) is 9.29. The summed E-state index contributed by atoms with van der Waals surface area (Å²) in [7, 11) is 1.68. The lowest BCUT2D eigenvalue weighted by atomic mass is 10.1. The van der Waals surface area contributed by atoms with Gasteiger partial charge in [0.2, 0.25) is 0 Å². The van der Waals surface area contributed by atoms with Crippen LogP contribution in [0.3, 0.4) is 0 Å². The molecule has 2 nitrogen and oxygen atoms in total. The highest BCUT2D eigenvalue weighted by molar-refractivity contribution is 5.45. The summed E-state index contributed by atoms with van der Waals surface area (Å²) >= 11 is 0. The van der Waals surface area contributed by atoms with Crippen molar-refractivity contribution in [2.75, 3.05) is 19.0 Å². The topological polar surface area (TPSA) is 21.3 Å². The average Bonchev–Trinajstić information content (AvgIpc) is 2.26. The summed E-state index contributed by atoms with van der Waals surface area (Å²) in [5.41, 5.74) is 0.570. The van der Waals surface area contributed by atoms with Gasteiger partial charge in [0, 0.05) is 19.8 Å². The van der Waals surface area contributed by atoms with Gasteiger partial charge in [-0.05, 0) is 25.0 Å². The van der Waals surface area contributed by atoms with Gasteiger partial charge in [0.1, 0.15) is 5.82 Å². The summed E-state index contributed by atoms with van der Waals surface area (Å²) in [5, 5.41) is 3.18.